The predicted molar refractivity (Wildman–Crippen MR) is 79.5 cm³/mol. The highest BCUT2D eigenvalue weighted by Gasteiger charge is 2.12. The van der Waals surface area contributed by atoms with Gasteiger partial charge < -0.3 is 10.4 Å². The number of hydrogen-bond donors (Lipinski definition) is 2. The van der Waals surface area contributed by atoms with Crippen molar-refractivity contribution in [2.45, 2.75) is 6.92 Å². The van der Waals surface area contributed by atoms with Crippen molar-refractivity contribution in [3.8, 4) is 11.8 Å². The molecular formula is C17H14FNO2. The van der Waals surface area contributed by atoms with Crippen molar-refractivity contribution in [3.05, 3.63) is 65.0 Å². The molecule has 3 nitrogen and oxygen atoms in total. The predicted octanol–water partition coefficient (Wildman–Crippen LogP) is 2.73. The molecule has 2 rings (SSSR count). The molecule has 0 atom stereocenters. The third-order valence-electron chi connectivity index (χ3n) is 2.80. The summed E-state index contributed by atoms with van der Waals surface area (Å²) >= 11 is 0. The molecule has 0 unspecified atom stereocenters. The number of aliphatic hydroxyl groups excluding tert-OH is 1. The van der Waals surface area contributed by atoms with E-state index in [1.807, 2.05) is 19.1 Å². The summed E-state index contributed by atoms with van der Waals surface area (Å²) in [5.74, 6) is 3.85. The van der Waals surface area contributed by atoms with Crippen molar-refractivity contribution >= 4 is 11.6 Å². The van der Waals surface area contributed by atoms with Crippen LogP contribution < -0.4 is 5.32 Å². The number of carbonyl (C=O) groups excluding carboxylic acids is 1. The molecule has 0 bridgehead atoms. The van der Waals surface area contributed by atoms with E-state index in [0.717, 1.165) is 5.56 Å². The van der Waals surface area contributed by atoms with Crippen LogP contribution in [0.3, 0.4) is 0 Å². The zero-order valence-electron chi connectivity index (χ0n) is 11.5. The number of amides is 1. The van der Waals surface area contributed by atoms with Crippen LogP contribution in [0.25, 0.3) is 0 Å². The smallest absolute Gasteiger partial charge is 0.258 e. The van der Waals surface area contributed by atoms with Gasteiger partial charge in [0.05, 0.1) is 5.56 Å². The maximum atomic E-state index is 13.9. The molecule has 0 fully saturated rings. The first-order valence-corrected chi connectivity index (χ1v) is 6.37. The van der Waals surface area contributed by atoms with Crippen molar-refractivity contribution in [2.24, 2.45) is 0 Å². The van der Waals surface area contributed by atoms with Gasteiger partial charge in [-0.2, -0.15) is 0 Å². The number of nitrogens with one attached hydrogen (secondary N) is 1. The fourth-order valence-corrected chi connectivity index (χ4v) is 1.84. The molecule has 0 heterocycles. The summed E-state index contributed by atoms with van der Waals surface area (Å²) in [7, 11) is 0. The van der Waals surface area contributed by atoms with Crippen LogP contribution >= 0.6 is 0 Å². The van der Waals surface area contributed by atoms with Crippen LogP contribution in [0.4, 0.5) is 10.1 Å². The van der Waals surface area contributed by atoms with Crippen LogP contribution in [0.1, 0.15) is 21.5 Å². The first-order valence-electron chi connectivity index (χ1n) is 6.37. The fourth-order valence-electron chi connectivity index (χ4n) is 1.84. The first kappa shape index (κ1) is 14.8. The third-order valence-corrected chi connectivity index (χ3v) is 2.80. The van der Waals surface area contributed by atoms with Crippen LogP contribution in [0.5, 0.6) is 0 Å². The Morgan fingerprint density at radius 1 is 1.29 bits per heavy atom. The van der Waals surface area contributed by atoms with Crippen LogP contribution in [-0.4, -0.2) is 17.6 Å². The highest BCUT2D eigenvalue weighted by atomic mass is 19.1. The van der Waals surface area contributed by atoms with Crippen molar-refractivity contribution in [2.75, 3.05) is 11.9 Å². The Bertz CT molecular complexity index is 729. The van der Waals surface area contributed by atoms with Gasteiger partial charge in [0.1, 0.15) is 12.4 Å². The molecular weight excluding hydrogens is 269 g/mol. The van der Waals surface area contributed by atoms with E-state index in [0.29, 0.717) is 11.3 Å². The Morgan fingerprint density at radius 2 is 2.10 bits per heavy atom. The number of rotatable bonds is 2. The van der Waals surface area contributed by atoms with Crippen LogP contribution in [0.2, 0.25) is 0 Å². The molecule has 2 N–H and O–H groups in total. The van der Waals surface area contributed by atoms with Gasteiger partial charge in [0.15, 0.2) is 0 Å². The largest absolute Gasteiger partial charge is 0.384 e. The van der Waals surface area contributed by atoms with Crippen molar-refractivity contribution in [1.29, 1.82) is 0 Å². The molecule has 0 aliphatic rings. The molecule has 0 saturated heterocycles. The second-order valence-electron chi connectivity index (χ2n) is 4.48. The molecule has 0 radical (unpaired) electrons. The molecule has 0 saturated carbocycles. The summed E-state index contributed by atoms with van der Waals surface area (Å²) in [6.07, 6.45) is 0. The zero-order chi connectivity index (χ0) is 15.2. The van der Waals surface area contributed by atoms with Gasteiger partial charge in [-0.25, -0.2) is 4.39 Å². The fraction of sp³-hybridized carbons (Fsp3) is 0.118. The summed E-state index contributed by atoms with van der Waals surface area (Å²) in [4.78, 5) is 12.0. The zero-order valence-corrected chi connectivity index (χ0v) is 11.5. The van der Waals surface area contributed by atoms with Gasteiger partial charge in [-0.05, 0) is 42.8 Å². The van der Waals surface area contributed by atoms with E-state index in [1.165, 1.54) is 18.2 Å². The van der Waals surface area contributed by atoms with Crippen LogP contribution in [0.15, 0.2) is 42.5 Å². The van der Waals surface area contributed by atoms with Crippen molar-refractivity contribution < 1.29 is 14.3 Å². The standard InChI is InChI=1S/C17H14FNO2/c1-12-4-2-6-14(10-12)19-17(21)15-8-7-13(5-3-9-20)11-16(15)18/h2,4,6-8,10-11,20H,9H2,1H3,(H,19,21). The minimum atomic E-state index is -0.648. The Morgan fingerprint density at radius 3 is 2.76 bits per heavy atom. The van der Waals surface area contributed by atoms with Gasteiger partial charge >= 0.3 is 0 Å². The number of hydrogen-bond acceptors (Lipinski definition) is 2. The Kier molecular flexibility index (Phi) is 4.70. The summed E-state index contributed by atoms with van der Waals surface area (Å²) in [6, 6.07) is 11.4. The number of anilines is 1. The average Bonchev–Trinajstić information content (AvgIpc) is 2.45. The Balaban J connectivity index is 2.20. The third kappa shape index (κ3) is 3.91. The Hall–Kier alpha value is -2.64. The van der Waals surface area contributed by atoms with E-state index >= 15 is 0 Å². The number of aryl methyl sites for hydroxylation is 1. The van der Waals surface area contributed by atoms with Gasteiger partial charge in [0.25, 0.3) is 5.91 Å². The number of carbonyl (C=O) groups is 1. The lowest BCUT2D eigenvalue weighted by Crippen LogP contribution is -2.13. The highest BCUT2D eigenvalue weighted by molar-refractivity contribution is 6.04. The molecule has 106 valence electrons. The molecule has 4 heteroatoms. The summed E-state index contributed by atoms with van der Waals surface area (Å²) in [6.45, 7) is 1.61. The monoisotopic (exact) mass is 283 g/mol. The molecule has 0 spiro atoms. The Labute approximate surface area is 122 Å². The molecule has 0 aliphatic carbocycles. The van der Waals surface area contributed by atoms with E-state index < -0.39 is 11.7 Å². The van der Waals surface area contributed by atoms with E-state index in [9.17, 15) is 9.18 Å². The van der Waals surface area contributed by atoms with E-state index in [4.69, 9.17) is 5.11 Å². The highest BCUT2D eigenvalue weighted by Crippen LogP contribution is 2.14. The van der Waals surface area contributed by atoms with Crippen molar-refractivity contribution in [3.63, 3.8) is 0 Å². The van der Waals surface area contributed by atoms with E-state index in [1.54, 1.807) is 12.1 Å². The maximum absolute atomic E-state index is 13.9. The molecule has 2 aromatic carbocycles. The molecule has 0 aliphatic heterocycles. The van der Waals surface area contributed by atoms with E-state index in [-0.39, 0.29) is 12.2 Å². The average molecular weight is 283 g/mol. The van der Waals surface area contributed by atoms with Crippen LogP contribution in [-0.2, 0) is 0 Å². The molecule has 21 heavy (non-hydrogen) atoms. The minimum absolute atomic E-state index is 0.0499. The van der Waals surface area contributed by atoms with Gasteiger partial charge in [-0.1, -0.05) is 24.0 Å². The molecule has 2 aromatic rings. The lowest BCUT2D eigenvalue weighted by molar-refractivity contribution is 0.102. The van der Waals surface area contributed by atoms with Gasteiger partial charge in [0.2, 0.25) is 0 Å². The summed E-state index contributed by atoms with van der Waals surface area (Å²) in [5, 5.41) is 11.2. The van der Waals surface area contributed by atoms with Crippen molar-refractivity contribution in [1.82, 2.24) is 0 Å². The second kappa shape index (κ2) is 6.69. The quantitative estimate of drug-likeness (QED) is 0.833. The van der Waals surface area contributed by atoms with Gasteiger partial charge in [0, 0.05) is 11.3 Å². The van der Waals surface area contributed by atoms with E-state index in [2.05, 4.69) is 17.2 Å². The van der Waals surface area contributed by atoms with Gasteiger partial charge in [-0.15, -0.1) is 0 Å². The number of halogens is 1. The first-order chi connectivity index (χ1) is 10.1. The summed E-state index contributed by atoms with van der Waals surface area (Å²) in [5.41, 5.74) is 1.98. The lowest BCUT2D eigenvalue weighted by atomic mass is 10.1. The molecule has 1 amide bonds. The van der Waals surface area contributed by atoms with Gasteiger partial charge in [-0.3, -0.25) is 4.79 Å². The molecule has 0 aromatic heterocycles. The number of aliphatic hydroxyl groups is 1. The lowest BCUT2D eigenvalue weighted by Gasteiger charge is -2.07. The van der Waals surface area contributed by atoms with Crippen LogP contribution in [0, 0.1) is 24.6 Å². The SMILES string of the molecule is Cc1cccc(NC(=O)c2ccc(C#CCO)cc2F)c1. The maximum Gasteiger partial charge on any atom is 0.258 e. The normalized spacial score (nSPS) is 9.67. The second-order valence-corrected chi connectivity index (χ2v) is 4.48. The topological polar surface area (TPSA) is 49.3 Å². The minimum Gasteiger partial charge on any atom is -0.384 e. The summed E-state index contributed by atoms with van der Waals surface area (Å²) < 4.78 is 13.9. The number of benzene rings is 2.